The Morgan fingerprint density at radius 3 is 2.64 bits per heavy atom. The lowest BCUT2D eigenvalue weighted by atomic mass is 9.55. The Morgan fingerprint density at radius 2 is 1.86 bits per heavy atom. The predicted octanol–water partition coefficient (Wildman–Crippen LogP) is 2.07. The predicted molar refractivity (Wildman–Crippen MR) is 81.4 cm³/mol. The lowest BCUT2D eigenvalue weighted by molar-refractivity contribution is -0.0577. The Balaban J connectivity index is 1.75. The number of phenolic OH excluding ortho intramolecular Hbond substituents is 1. The molecule has 22 heavy (non-hydrogen) atoms. The van der Waals surface area contributed by atoms with Crippen molar-refractivity contribution in [1.82, 2.24) is 0 Å². The van der Waals surface area contributed by atoms with Crippen molar-refractivity contribution < 1.29 is 20.4 Å². The molecule has 2 saturated carbocycles. The number of fused-ring (bicyclic) bond motifs is 5. The van der Waals surface area contributed by atoms with Gasteiger partial charge in [0.1, 0.15) is 5.75 Å². The van der Waals surface area contributed by atoms with Gasteiger partial charge in [-0.15, -0.1) is 0 Å². The third-order valence-electron chi connectivity index (χ3n) is 6.73. The molecule has 4 heteroatoms. The average Bonchev–Trinajstić information content (AvgIpc) is 2.72. The summed E-state index contributed by atoms with van der Waals surface area (Å²) in [7, 11) is 0. The van der Waals surface area contributed by atoms with Crippen LogP contribution in [0.15, 0.2) is 18.2 Å². The number of hydrogen-bond acceptors (Lipinski definition) is 4. The van der Waals surface area contributed by atoms with Crippen molar-refractivity contribution in [2.24, 2.45) is 17.3 Å². The minimum absolute atomic E-state index is 0.198. The van der Waals surface area contributed by atoms with E-state index < -0.39 is 18.3 Å². The van der Waals surface area contributed by atoms with Crippen molar-refractivity contribution in [3.63, 3.8) is 0 Å². The van der Waals surface area contributed by atoms with Gasteiger partial charge in [0.05, 0.1) is 18.3 Å². The number of phenols is 1. The topological polar surface area (TPSA) is 80.9 Å². The average molecular weight is 304 g/mol. The van der Waals surface area contributed by atoms with Crippen molar-refractivity contribution in [3.8, 4) is 5.75 Å². The lowest BCUT2D eigenvalue weighted by Gasteiger charge is -2.50. The molecule has 0 amide bonds. The highest BCUT2D eigenvalue weighted by Gasteiger charge is 2.58. The maximum absolute atomic E-state index is 10.5. The third-order valence-corrected chi connectivity index (χ3v) is 6.73. The van der Waals surface area contributed by atoms with Crippen molar-refractivity contribution in [2.75, 3.05) is 0 Å². The van der Waals surface area contributed by atoms with E-state index in [1.165, 1.54) is 0 Å². The van der Waals surface area contributed by atoms with Crippen LogP contribution in [0, 0.1) is 17.3 Å². The van der Waals surface area contributed by atoms with Gasteiger partial charge in [0, 0.05) is 0 Å². The molecule has 0 aromatic heterocycles. The second kappa shape index (κ2) is 4.70. The summed E-state index contributed by atoms with van der Waals surface area (Å²) in [5.41, 5.74) is 1.75. The molecule has 1 aromatic rings. The zero-order valence-corrected chi connectivity index (χ0v) is 12.8. The van der Waals surface area contributed by atoms with E-state index in [4.69, 9.17) is 0 Å². The molecule has 0 radical (unpaired) electrons. The monoisotopic (exact) mass is 304 g/mol. The Hall–Kier alpha value is -1.10. The first-order valence-electron chi connectivity index (χ1n) is 8.29. The summed E-state index contributed by atoms with van der Waals surface area (Å²) in [6, 6.07) is 5.32. The molecule has 7 unspecified atom stereocenters. The van der Waals surface area contributed by atoms with Crippen LogP contribution < -0.4 is 0 Å². The van der Waals surface area contributed by atoms with Crippen LogP contribution in [-0.4, -0.2) is 32.6 Å². The molecule has 0 bridgehead atoms. The summed E-state index contributed by atoms with van der Waals surface area (Å²) >= 11 is 0. The first-order chi connectivity index (χ1) is 10.4. The van der Waals surface area contributed by atoms with Crippen molar-refractivity contribution in [3.05, 3.63) is 29.3 Å². The maximum atomic E-state index is 10.5. The van der Waals surface area contributed by atoms with Gasteiger partial charge < -0.3 is 20.4 Å². The smallest absolute Gasteiger partial charge is 0.115 e. The highest BCUT2D eigenvalue weighted by molar-refractivity contribution is 5.41. The van der Waals surface area contributed by atoms with Gasteiger partial charge in [-0.2, -0.15) is 0 Å². The van der Waals surface area contributed by atoms with E-state index in [1.807, 2.05) is 6.07 Å². The van der Waals surface area contributed by atoms with Crippen LogP contribution >= 0.6 is 0 Å². The van der Waals surface area contributed by atoms with Crippen LogP contribution in [0.1, 0.15) is 55.8 Å². The zero-order chi connectivity index (χ0) is 15.6. The Morgan fingerprint density at radius 1 is 1.09 bits per heavy atom. The summed E-state index contributed by atoms with van der Waals surface area (Å²) in [4.78, 5) is 0. The van der Waals surface area contributed by atoms with Gasteiger partial charge >= 0.3 is 0 Å². The molecular weight excluding hydrogens is 280 g/mol. The Kier molecular flexibility index (Phi) is 3.09. The summed E-state index contributed by atoms with van der Waals surface area (Å²) in [6.07, 6.45) is 1.27. The summed E-state index contributed by atoms with van der Waals surface area (Å²) in [6.45, 7) is 2.09. The van der Waals surface area contributed by atoms with Gasteiger partial charge in [-0.25, -0.2) is 0 Å². The molecule has 0 spiro atoms. The first-order valence-corrected chi connectivity index (χ1v) is 8.29. The van der Waals surface area contributed by atoms with E-state index in [9.17, 15) is 20.4 Å². The van der Waals surface area contributed by atoms with Crippen LogP contribution in [-0.2, 0) is 0 Å². The van der Waals surface area contributed by atoms with Crippen molar-refractivity contribution in [2.45, 2.75) is 56.8 Å². The van der Waals surface area contributed by atoms with Gasteiger partial charge in [-0.3, -0.25) is 0 Å². The zero-order valence-electron chi connectivity index (χ0n) is 12.8. The van der Waals surface area contributed by atoms with Gasteiger partial charge in [-0.1, -0.05) is 13.0 Å². The first kappa shape index (κ1) is 14.5. The summed E-state index contributed by atoms with van der Waals surface area (Å²) in [5.74, 6) is 1.09. The second-order valence-electron chi connectivity index (χ2n) is 7.73. The number of aliphatic hydroxyl groups excluding tert-OH is 3. The highest BCUT2D eigenvalue weighted by atomic mass is 16.3. The molecule has 4 N–H and O–H groups in total. The number of aliphatic hydroxyl groups is 3. The van der Waals surface area contributed by atoms with Gasteiger partial charge in [-0.05, 0) is 72.1 Å². The van der Waals surface area contributed by atoms with E-state index >= 15 is 0 Å². The molecule has 3 aliphatic rings. The van der Waals surface area contributed by atoms with E-state index in [0.29, 0.717) is 18.8 Å². The molecule has 120 valence electrons. The molecule has 0 heterocycles. The molecule has 7 atom stereocenters. The molecule has 0 aliphatic heterocycles. The van der Waals surface area contributed by atoms with Crippen LogP contribution in [0.5, 0.6) is 5.75 Å². The molecule has 3 aliphatic carbocycles. The number of rotatable bonds is 0. The van der Waals surface area contributed by atoms with Gasteiger partial charge in [0.15, 0.2) is 0 Å². The molecule has 1 aromatic carbocycles. The van der Waals surface area contributed by atoms with Crippen molar-refractivity contribution in [1.29, 1.82) is 0 Å². The number of hydrogen-bond donors (Lipinski definition) is 4. The minimum Gasteiger partial charge on any atom is -0.508 e. The summed E-state index contributed by atoms with van der Waals surface area (Å²) in [5, 5.41) is 40.7. The lowest BCUT2D eigenvalue weighted by Crippen LogP contribution is -2.45. The highest BCUT2D eigenvalue weighted by Crippen LogP contribution is 2.62. The van der Waals surface area contributed by atoms with Crippen LogP contribution in [0.3, 0.4) is 0 Å². The number of benzene rings is 1. The quantitative estimate of drug-likeness (QED) is 0.591. The second-order valence-corrected chi connectivity index (χ2v) is 7.73. The normalized spacial score (nSPS) is 46.7. The van der Waals surface area contributed by atoms with Crippen LogP contribution in [0.2, 0.25) is 0 Å². The fourth-order valence-corrected chi connectivity index (χ4v) is 5.56. The molecule has 4 nitrogen and oxygen atoms in total. The Labute approximate surface area is 130 Å². The van der Waals surface area contributed by atoms with E-state index in [2.05, 4.69) is 6.92 Å². The summed E-state index contributed by atoms with van der Waals surface area (Å²) < 4.78 is 0. The maximum Gasteiger partial charge on any atom is 0.115 e. The molecule has 2 fully saturated rings. The van der Waals surface area contributed by atoms with Gasteiger partial charge in [0.25, 0.3) is 0 Å². The SMILES string of the molecule is CC12CCC3c4ccc(O)cc4C(O)CC3C1CC(O)C2O. The largest absolute Gasteiger partial charge is 0.508 e. The van der Waals surface area contributed by atoms with E-state index in [-0.39, 0.29) is 23.0 Å². The minimum atomic E-state index is -0.656. The van der Waals surface area contributed by atoms with Crippen LogP contribution in [0.4, 0.5) is 0 Å². The molecule has 0 saturated heterocycles. The fourth-order valence-electron chi connectivity index (χ4n) is 5.56. The van der Waals surface area contributed by atoms with E-state index in [0.717, 1.165) is 24.0 Å². The Bertz CT molecular complexity index is 601. The van der Waals surface area contributed by atoms with Crippen LogP contribution in [0.25, 0.3) is 0 Å². The van der Waals surface area contributed by atoms with E-state index in [1.54, 1.807) is 12.1 Å². The van der Waals surface area contributed by atoms with Gasteiger partial charge in [0.2, 0.25) is 0 Å². The molecular formula is C18H24O4. The molecule has 4 rings (SSSR count). The number of aromatic hydroxyl groups is 1. The standard InChI is InChI=1S/C18H24O4/c1-18-5-4-11-10-3-2-9(19)6-13(10)15(20)7-12(11)14(18)8-16(21)17(18)22/h2-3,6,11-12,14-17,19-22H,4-5,7-8H2,1H3. The third kappa shape index (κ3) is 1.81. The van der Waals surface area contributed by atoms with Crippen molar-refractivity contribution >= 4 is 0 Å². The fraction of sp³-hybridized carbons (Fsp3) is 0.667.